The summed E-state index contributed by atoms with van der Waals surface area (Å²) in [5.41, 5.74) is 1.17. The van der Waals surface area contributed by atoms with Gasteiger partial charge >= 0.3 is 0 Å². The van der Waals surface area contributed by atoms with Crippen molar-refractivity contribution in [1.82, 2.24) is 5.32 Å². The first-order valence-corrected chi connectivity index (χ1v) is 6.81. The molecule has 2 rings (SSSR count). The topological polar surface area (TPSA) is 58.6 Å². The number of aliphatic hydroxyl groups is 1. The van der Waals surface area contributed by atoms with Gasteiger partial charge in [0.1, 0.15) is 12.2 Å². The standard InChI is InChI=1S/C15H21NO3/c1-2-19-10-14(17)16-11-15(18)9-5-7-12-6-3-4-8-13(12)15/h3-4,6,8,18H,2,5,7,9-11H2,1H3,(H,16,17)/t15-/m1/s1. The van der Waals surface area contributed by atoms with Gasteiger partial charge in [0.25, 0.3) is 0 Å². The molecule has 1 amide bonds. The van der Waals surface area contributed by atoms with Crippen LogP contribution in [0.15, 0.2) is 24.3 Å². The molecule has 0 spiro atoms. The number of hydrogen-bond donors (Lipinski definition) is 2. The highest BCUT2D eigenvalue weighted by Gasteiger charge is 2.34. The Labute approximate surface area is 113 Å². The molecule has 0 bridgehead atoms. The van der Waals surface area contributed by atoms with Gasteiger partial charge in [-0.15, -0.1) is 0 Å². The van der Waals surface area contributed by atoms with Crippen molar-refractivity contribution in [3.8, 4) is 0 Å². The van der Waals surface area contributed by atoms with E-state index in [-0.39, 0.29) is 19.1 Å². The summed E-state index contributed by atoms with van der Waals surface area (Å²) >= 11 is 0. The molecule has 0 fully saturated rings. The predicted octanol–water partition coefficient (Wildman–Crippen LogP) is 1.36. The molecule has 2 N–H and O–H groups in total. The van der Waals surface area contributed by atoms with Gasteiger partial charge in [-0.2, -0.15) is 0 Å². The summed E-state index contributed by atoms with van der Waals surface area (Å²) in [5, 5.41) is 13.5. The zero-order chi connectivity index (χ0) is 13.7. The minimum absolute atomic E-state index is 0.0498. The SMILES string of the molecule is CCOCC(=O)NC[C@]1(O)CCCc2ccccc21. The van der Waals surface area contributed by atoms with E-state index >= 15 is 0 Å². The van der Waals surface area contributed by atoms with E-state index in [9.17, 15) is 9.90 Å². The highest BCUT2D eigenvalue weighted by atomic mass is 16.5. The van der Waals surface area contributed by atoms with Crippen LogP contribution in [0.1, 0.15) is 30.9 Å². The van der Waals surface area contributed by atoms with Crippen LogP contribution in [-0.4, -0.2) is 30.8 Å². The lowest BCUT2D eigenvalue weighted by atomic mass is 9.79. The molecule has 104 valence electrons. The molecule has 0 saturated carbocycles. The number of benzene rings is 1. The zero-order valence-corrected chi connectivity index (χ0v) is 11.3. The number of aryl methyl sites for hydroxylation is 1. The summed E-state index contributed by atoms with van der Waals surface area (Å²) in [5.74, 6) is -0.182. The summed E-state index contributed by atoms with van der Waals surface area (Å²) in [7, 11) is 0. The molecule has 19 heavy (non-hydrogen) atoms. The molecule has 1 aromatic carbocycles. The van der Waals surface area contributed by atoms with Crippen LogP contribution in [0, 0.1) is 0 Å². The summed E-state index contributed by atoms with van der Waals surface area (Å²) in [6, 6.07) is 7.90. The summed E-state index contributed by atoms with van der Waals surface area (Å²) in [6.07, 6.45) is 2.61. The van der Waals surface area contributed by atoms with Gasteiger partial charge in [0.05, 0.1) is 6.54 Å². The van der Waals surface area contributed by atoms with Crippen molar-refractivity contribution in [2.75, 3.05) is 19.8 Å². The van der Waals surface area contributed by atoms with Gasteiger partial charge in [0.2, 0.25) is 5.91 Å². The number of ether oxygens (including phenoxy) is 1. The Kier molecular flexibility index (Phi) is 4.56. The highest BCUT2D eigenvalue weighted by molar-refractivity contribution is 5.77. The van der Waals surface area contributed by atoms with E-state index in [1.165, 1.54) is 5.56 Å². The maximum absolute atomic E-state index is 11.6. The Morgan fingerprint density at radius 2 is 2.26 bits per heavy atom. The maximum atomic E-state index is 11.6. The summed E-state index contributed by atoms with van der Waals surface area (Å²) in [6.45, 7) is 2.66. The van der Waals surface area contributed by atoms with Crippen LogP contribution in [0.5, 0.6) is 0 Å². The van der Waals surface area contributed by atoms with Crippen LogP contribution in [-0.2, 0) is 21.6 Å². The number of fused-ring (bicyclic) bond motifs is 1. The van der Waals surface area contributed by atoms with Crippen molar-refractivity contribution < 1.29 is 14.6 Å². The number of carbonyl (C=O) groups excluding carboxylic acids is 1. The normalized spacial score (nSPS) is 21.8. The fraction of sp³-hybridized carbons (Fsp3) is 0.533. The van der Waals surface area contributed by atoms with Crippen LogP contribution in [0.25, 0.3) is 0 Å². The van der Waals surface area contributed by atoms with E-state index in [1.54, 1.807) is 0 Å². The second kappa shape index (κ2) is 6.17. The van der Waals surface area contributed by atoms with E-state index in [1.807, 2.05) is 31.2 Å². The molecule has 1 aliphatic rings. The molecule has 0 unspecified atom stereocenters. The minimum Gasteiger partial charge on any atom is -0.383 e. The van der Waals surface area contributed by atoms with Crippen molar-refractivity contribution >= 4 is 5.91 Å². The lowest BCUT2D eigenvalue weighted by molar-refractivity contribution is -0.127. The van der Waals surface area contributed by atoms with Crippen molar-refractivity contribution in [3.05, 3.63) is 35.4 Å². The van der Waals surface area contributed by atoms with Crippen LogP contribution in [0.2, 0.25) is 0 Å². The van der Waals surface area contributed by atoms with Crippen molar-refractivity contribution in [2.45, 2.75) is 31.8 Å². The molecule has 1 atom stereocenters. The average molecular weight is 263 g/mol. The predicted molar refractivity (Wildman–Crippen MR) is 72.8 cm³/mol. The van der Waals surface area contributed by atoms with Gasteiger partial charge in [-0.05, 0) is 37.3 Å². The Balaban J connectivity index is 2.01. The third-order valence-electron chi connectivity index (χ3n) is 3.57. The van der Waals surface area contributed by atoms with Crippen LogP contribution < -0.4 is 5.32 Å². The van der Waals surface area contributed by atoms with Gasteiger partial charge in [-0.1, -0.05) is 24.3 Å². The lowest BCUT2D eigenvalue weighted by Gasteiger charge is -2.34. The highest BCUT2D eigenvalue weighted by Crippen LogP contribution is 2.34. The summed E-state index contributed by atoms with van der Waals surface area (Å²) < 4.78 is 5.04. The van der Waals surface area contributed by atoms with E-state index in [0.717, 1.165) is 18.4 Å². The van der Waals surface area contributed by atoms with Gasteiger partial charge in [-0.25, -0.2) is 0 Å². The second-order valence-corrected chi connectivity index (χ2v) is 4.96. The first-order chi connectivity index (χ1) is 9.15. The Morgan fingerprint density at radius 1 is 1.47 bits per heavy atom. The molecule has 0 aromatic heterocycles. The minimum atomic E-state index is -0.948. The number of hydrogen-bond acceptors (Lipinski definition) is 3. The molecule has 0 heterocycles. The van der Waals surface area contributed by atoms with E-state index < -0.39 is 5.60 Å². The Hall–Kier alpha value is -1.39. The molecular weight excluding hydrogens is 242 g/mol. The van der Waals surface area contributed by atoms with Gasteiger partial charge in [-0.3, -0.25) is 4.79 Å². The number of carbonyl (C=O) groups is 1. The fourth-order valence-corrected chi connectivity index (χ4v) is 2.57. The number of amides is 1. The smallest absolute Gasteiger partial charge is 0.246 e. The Bertz CT molecular complexity index is 447. The molecule has 0 saturated heterocycles. The van der Waals surface area contributed by atoms with Crippen LogP contribution in [0.3, 0.4) is 0 Å². The number of rotatable bonds is 5. The molecular formula is C15H21NO3. The zero-order valence-electron chi connectivity index (χ0n) is 11.3. The number of nitrogens with one attached hydrogen (secondary N) is 1. The fourth-order valence-electron chi connectivity index (χ4n) is 2.57. The molecule has 4 heteroatoms. The van der Waals surface area contributed by atoms with Crippen LogP contribution >= 0.6 is 0 Å². The van der Waals surface area contributed by atoms with E-state index in [0.29, 0.717) is 13.0 Å². The first kappa shape index (κ1) is 14.0. The van der Waals surface area contributed by atoms with Gasteiger partial charge in [0.15, 0.2) is 0 Å². The third kappa shape index (κ3) is 3.33. The third-order valence-corrected chi connectivity index (χ3v) is 3.57. The van der Waals surface area contributed by atoms with E-state index in [2.05, 4.69) is 5.32 Å². The molecule has 4 nitrogen and oxygen atoms in total. The Morgan fingerprint density at radius 3 is 3.05 bits per heavy atom. The van der Waals surface area contributed by atoms with Crippen LogP contribution in [0.4, 0.5) is 0 Å². The van der Waals surface area contributed by atoms with Gasteiger partial charge < -0.3 is 15.2 Å². The molecule has 0 aliphatic heterocycles. The second-order valence-electron chi connectivity index (χ2n) is 4.96. The summed E-state index contributed by atoms with van der Waals surface area (Å²) in [4.78, 5) is 11.6. The average Bonchev–Trinajstić information content (AvgIpc) is 2.44. The van der Waals surface area contributed by atoms with E-state index in [4.69, 9.17) is 4.74 Å². The molecule has 1 aliphatic carbocycles. The maximum Gasteiger partial charge on any atom is 0.246 e. The molecule has 1 aromatic rings. The largest absolute Gasteiger partial charge is 0.383 e. The van der Waals surface area contributed by atoms with Crippen molar-refractivity contribution in [3.63, 3.8) is 0 Å². The van der Waals surface area contributed by atoms with Gasteiger partial charge in [0, 0.05) is 6.61 Å². The molecule has 0 radical (unpaired) electrons. The quantitative estimate of drug-likeness (QED) is 0.843. The van der Waals surface area contributed by atoms with Crippen molar-refractivity contribution in [2.24, 2.45) is 0 Å². The lowest BCUT2D eigenvalue weighted by Crippen LogP contribution is -2.43. The van der Waals surface area contributed by atoms with Crippen molar-refractivity contribution in [1.29, 1.82) is 0 Å². The first-order valence-electron chi connectivity index (χ1n) is 6.81. The monoisotopic (exact) mass is 263 g/mol.